The standard InChI is InChI=1S/C15H20O/c1-11-6-7-14(8-12(11)2)9-13-4-3-5-15(16)10-13/h6-8,13H,3-5,9-10H2,1-2H3. The van der Waals surface area contributed by atoms with Crippen molar-refractivity contribution in [3.05, 3.63) is 34.9 Å². The predicted octanol–water partition coefficient (Wildman–Crippen LogP) is 3.61. The molecule has 0 aliphatic heterocycles. The molecule has 0 saturated heterocycles. The van der Waals surface area contributed by atoms with Gasteiger partial charge in [0.15, 0.2) is 0 Å². The average Bonchev–Trinajstić information content (AvgIpc) is 2.24. The van der Waals surface area contributed by atoms with E-state index >= 15 is 0 Å². The number of ketones is 1. The quantitative estimate of drug-likeness (QED) is 0.738. The summed E-state index contributed by atoms with van der Waals surface area (Å²) in [6, 6.07) is 6.67. The SMILES string of the molecule is Cc1ccc(CC2CCCC(=O)C2)cc1C. The summed E-state index contributed by atoms with van der Waals surface area (Å²) >= 11 is 0. The third-order valence-corrected chi connectivity index (χ3v) is 3.68. The van der Waals surface area contributed by atoms with Crippen molar-refractivity contribution in [1.82, 2.24) is 0 Å². The molecule has 1 saturated carbocycles. The maximum Gasteiger partial charge on any atom is 0.133 e. The van der Waals surface area contributed by atoms with Crippen LogP contribution in [0.25, 0.3) is 0 Å². The lowest BCUT2D eigenvalue weighted by Crippen LogP contribution is -2.16. The third-order valence-electron chi connectivity index (χ3n) is 3.68. The topological polar surface area (TPSA) is 17.1 Å². The van der Waals surface area contributed by atoms with Crippen molar-refractivity contribution >= 4 is 5.78 Å². The van der Waals surface area contributed by atoms with Gasteiger partial charge in [-0.25, -0.2) is 0 Å². The summed E-state index contributed by atoms with van der Waals surface area (Å²) in [5.74, 6) is 1.04. The highest BCUT2D eigenvalue weighted by atomic mass is 16.1. The van der Waals surface area contributed by atoms with Crippen molar-refractivity contribution in [2.75, 3.05) is 0 Å². The number of rotatable bonds is 2. The van der Waals surface area contributed by atoms with Crippen LogP contribution in [-0.2, 0) is 11.2 Å². The summed E-state index contributed by atoms with van der Waals surface area (Å²) < 4.78 is 0. The van der Waals surface area contributed by atoms with E-state index in [9.17, 15) is 4.79 Å². The van der Waals surface area contributed by atoms with Crippen LogP contribution >= 0.6 is 0 Å². The fraction of sp³-hybridized carbons (Fsp3) is 0.533. The first-order chi connectivity index (χ1) is 7.65. The molecular weight excluding hydrogens is 196 g/mol. The van der Waals surface area contributed by atoms with Crippen LogP contribution < -0.4 is 0 Å². The number of carbonyl (C=O) groups is 1. The molecule has 0 N–H and O–H groups in total. The Hall–Kier alpha value is -1.11. The van der Waals surface area contributed by atoms with E-state index in [1.807, 2.05) is 0 Å². The van der Waals surface area contributed by atoms with Crippen LogP contribution in [0.4, 0.5) is 0 Å². The minimum absolute atomic E-state index is 0.458. The molecule has 0 radical (unpaired) electrons. The molecule has 1 aliphatic carbocycles. The molecule has 1 aromatic rings. The molecule has 1 heteroatoms. The van der Waals surface area contributed by atoms with E-state index in [2.05, 4.69) is 32.0 Å². The predicted molar refractivity (Wildman–Crippen MR) is 66.6 cm³/mol. The monoisotopic (exact) mass is 216 g/mol. The summed E-state index contributed by atoms with van der Waals surface area (Å²) in [5, 5.41) is 0. The van der Waals surface area contributed by atoms with Gasteiger partial charge in [0.05, 0.1) is 0 Å². The van der Waals surface area contributed by atoms with Gasteiger partial charge in [-0.2, -0.15) is 0 Å². The van der Waals surface area contributed by atoms with Gasteiger partial charge in [-0.1, -0.05) is 18.2 Å². The highest BCUT2D eigenvalue weighted by Gasteiger charge is 2.19. The minimum Gasteiger partial charge on any atom is -0.300 e. The Morgan fingerprint density at radius 3 is 2.75 bits per heavy atom. The summed E-state index contributed by atoms with van der Waals surface area (Å²) in [7, 11) is 0. The number of carbonyl (C=O) groups excluding carboxylic acids is 1. The van der Waals surface area contributed by atoms with Gasteiger partial charge in [0.25, 0.3) is 0 Å². The molecule has 1 nitrogen and oxygen atoms in total. The van der Waals surface area contributed by atoms with E-state index in [0.717, 1.165) is 25.7 Å². The lowest BCUT2D eigenvalue weighted by atomic mass is 9.84. The van der Waals surface area contributed by atoms with Crippen molar-refractivity contribution in [2.24, 2.45) is 5.92 Å². The minimum atomic E-state index is 0.458. The van der Waals surface area contributed by atoms with Crippen LogP contribution in [0.2, 0.25) is 0 Å². The Bertz CT molecular complexity index is 392. The summed E-state index contributed by atoms with van der Waals surface area (Å²) in [5.41, 5.74) is 4.10. The van der Waals surface area contributed by atoms with E-state index < -0.39 is 0 Å². The van der Waals surface area contributed by atoms with Gasteiger partial charge in [-0.15, -0.1) is 0 Å². The van der Waals surface area contributed by atoms with Gasteiger partial charge in [0.1, 0.15) is 5.78 Å². The summed E-state index contributed by atoms with van der Waals surface area (Å²) in [4.78, 5) is 11.4. The number of hydrogen-bond donors (Lipinski definition) is 0. The molecule has 0 bridgehead atoms. The zero-order valence-corrected chi connectivity index (χ0v) is 10.3. The van der Waals surface area contributed by atoms with E-state index in [-0.39, 0.29) is 0 Å². The Morgan fingerprint density at radius 2 is 2.06 bits per heavy atom. The van der Waals surface area contributed by atoms with E-state index in [0.29, 0.717) is 11.7 Å². The van der Waals surface area contributed by atoms with E-state index in [1.165, 1.54) is 23.1 Å². The molecule has 1 atom stereocenters. The Labute approximate surface area is 97.9 Å². The molecule has 86 valence electrons. The highest BCUT2D eigenvalue weighted by Crippen LogP contribution is 2.25. The zero-order chi connectivity index (χ0) is 11.5. The summed E-state index contributed by atoms with van der Waals surface area (Å²) in [6.07, 6.45) is 5.00. The molecule has 0 spiro atoms. The van der Waals surface area contributed by atoms with Crippen molar-refractivity contribution in [3.63, 3.8) is 0 Å². The van der Waals surface area contributed by atoms with Gasteiger partial charge in [-0.3, -0.25) is 4.79 Å². The molecule has 0 heterocycles. The molecular formula is C15H20O. The van der Waals surface area contributed by atoms with Crippen molar-refractivity contribution < 1.29 is 4.79 Å². The van der Waals surface area contributed by atoms with Crippen molar-refractivity contribution in [1.29, 1.82) is 0 Å². The molecule has 1 aromatic carbocycles. The fourth-order valence-corrected chi connectivity index (χ4v) is 2.55. The number of benzene rings is 1. The van der Waals surface area contributed by atoms with Crippen molar-refractivity contribution in [3.8, 4) is 0 Å². The molecule has 1 fully saturated rings. The lowest BCUT2D eigenvalue weighted by Gasteiger charge is -2.21. The number of Topliss-reactive ketones (excluding diaryl/α,β-unsaturated/α-hetero) is 1. The van der Waals surface area contributed by atoms with Crippen LogP contribution in [0, 0.1) is 19.8 Å². The first-order valence-electron chi connectivity index (χ1n) is 6.23. The van der Waals surface area contributed by atoms with Crippen LogP contribution in [-0.4, -0.2) is 5.78 Å². The lowest BCUT2D eigenvalue weighted by molar-refractivity contribution is -0.121. The molecule has 0 amide bonds. The Morgan fingerprint density at radius 1 is 1.25 bits per heavy atom. The molecule has 2 rings (SSSR count). The highest BCUT2D eigenvalue weighted by molar-refractivity contribution is 5.79. The molecule has 1 aliphatic rings. The smallest absolute Gasteiger partial charge is 0.133 e. The third kappa shape index (κ3) is 2.72. The first-order valence-corrected chi connectivity index (χ1v) is 6.23. The maximum atomic E-state index is 11.4. The second-order valence-electron chi connectivity index (χ2n) is 5.12. The van der Waals surface area contributed by atoms with Gasteiger partial charge in [-0.05, 0) is 55.7 Å². The van der Waals surface area contributed by atoms with Crippen LogP contribution in [0.15, 0.2) is 18.2 Å². The van der Waals surface area contributed by atoms with Crippen LogP contribution in [0.5, 0.6) is 0 Å². The van der Waals surface area contributed by atoms with Gasteiger partial charge >= 0.3 is 0 Å². The van der Waals surface area contributed by atoms with Gasteiger partial charge in [0, 0.05) is 12.8 Å². The van der Waals surface area contributed by atoms with Gasteiger partial charge in [0.2, 0.25) is 0 Å². The molecule has 1 unspecified atom stereocenters. The molecule has 16 heavy (non-hydrogen) atoms. The average molecular weight is 216 g/mol. The Kier molecular flexibility index (Phi) is 3.42. The molecule has 0 aromatic heterocycles. The number of aryl methyl sites for hydroxylation is 2. The first kappa shape index (κ1) is 11.4. The van der Waals surface area contributed by atoms with Crippen molar-refractivity contribution in [2.45, 2.75) is 46.0 Å². The zero-order valence-electron chi connectivity index (χ0n) is 10.3. The second-order valence-corrected chi connectivity index (χ2v) is 5.12. The van der Waals surface area contributed by atoms with Gasteiger partial charge < -0.3 is 0 Å². The van der Waals surface area contributed by atoms with Crippen LogP contribution in [0.3, 0.4) is 0 Å². The van der Waals surface area contributed by atoms with Crippen LogP contribution in [0.1, 0.15) is 42.4 Å². The largest absolute Gasteiger partial charge is 0.300 e. The normalized spacial score (nSPS) is 21.1. The number of hydrogen-bond acceptors (Lipinski definition) is 1. The maximum absolute atomic E-state index is 11.4. The van der Waals surface area contributed by atoms with E-state index in [4.69, 9.17) is 0 Å². The summed E-state index contributed by atoms with van der Waals surface area (Å²) in [6.45, 7) is 4.30. The second kappa shape index (κ2) is 4.82. The Balaban J connectivity index is 2.03. The fourth-order valence-electron chi connectivity index (χ4n) is 2.55. The van der Waals surface area contributed by atoms with E-state index in [1.54, 1.807) is 0 Å².